The predicted octanol–water partition coefficient (Wildman–Crippen LogP) is 2.42. The first-order valence-corrected chi connectivity index (χ1v) is 7.22. The van der Waals surface area contributed by atoms with Gasteiger partial charge in [0.25, 0.3) is 0 Å². The number of aliphatic carboxylic acids is 1. The minimum atomic E-state index is -0.751. The zero-order valence-electron chi connectivity index (χ0n) is 12.3. The Morgan fingerprint density at radius 2 is 1.63 bits per heavy atom. The normalized spacial score (nSPS) is 18.2. The molecule has 1 aliphatic heterocycles. The van der Waals surface area contributed by atoms with Crippen LogP contribution in [0.25, 0.3) is 0 Å². The number of carbonyl (C=O) groups is 2. The van der Waals surface area contributed by atoms with Crippen molar-refractivity contribution >= 4 is 12.0 Å². The molecule has 0 aromatic rings. The number of nitrogens with zero attached hydrogens (tertiary/aromatic N) is 2. The fourth-order valence-corrected chi connectivity index (χ4v) is 2.45. The number of amides is 2. The number of urea groups is 1. The number of carboxylic acids is 1. The maximum Gasteiger partial charge on any atom is 0.319 e. The number of hydrogen-bond donors (Lipinski definition) is 1. The summed E-state index contributed by atoms with van der Waals surface area (Å²) < 4.78 is 0. The highest BCUT2D eigenvalue weighted by Crippen LogP contribution is 2.31. The highest BCUT2D eigenvalue weighted by Gasteiger charge is 2.38. The molecule has 1 aliphatic rings. The van der Waals surface area contributed by atoms with Crippen molar-refractivity contribution in [1.82, 2.24) is 9.80 Å². The number of hydrogen-bond acceptors (Lipinski definition) is 2. The zero-order valence-corrected chi connectivity index (χ0v) is 12.3. The zero-order chi connectivity index (χ0) is 14.5. The van der Waals surface area contributed by atoms with Gasteiger partial charge >= 0.3 is 12.0 Å². The van der Waals surface area contributed by atoms with Crippen LogP contribution >= 0.6 is 0 Å². The van der Waals surface area contributed by atoms with Crippen molar-refractivity contribution in [3.8, 4) is 0 Å². The molecule has 1 N–H and O–H groups in total. The molecule has 19 heavy (non-hydrogen) atoms. The van der Waals surface area contributed by atoms with Crippen molar-refractivity contribution in [1.29, 1.82) is 0 Å². The monoisotopic (exact) mass is 270 g/mol. The highest BCUT2D eigenvalue weighted by atomic mass is 16.4. The number of likely N-dealkylation sites (tertiary alicyclic amines) is 1. The third kappa shape index (κ3) is 3.85. The summed E-state index contributed by atoms with van der Waals surface area (Å²) in [4.78, 5) is 27.2. The maximum atomic E-state index is 12.4. The lowest BCUT2D eigenvalue weighted by Gasteiger charge is -2.38. The third-order valence-corrected chi connectivity index (χ3v) is 3.91. The van der Waals surface area contributed by atoms with Crippen LogP contribution in [-0.4, -0.2) is 53.1 Å². The molecule has 2 amide bonds. The molecule has 0 saturated carbocycles. The van der Waals surface area contributed by atoms with E-state index in [1.54, 1.807) is 11.8 Å². The van der Waals surface area contributed by atoms with Crippen LogP contribution < -0.4 is 0 Å². The molecule has 0 aromatic carbocycles. The number of carboxylic acid groups (broad SMARTS) is 1. The summed E-state index contributed by atoms with van der Waals surface area (Å²) in [6.45, 7) is 8.55. The lowest BCUT2D eigenvalue weighted by Crippen LogP contribution is -2.50. The van der Waals surface area contributed by atoms with Gasteiger partial charge in [0.15, 0.2) is 0 Å². The number of piperidine rings is 1. The second-order valence-electron chi connectivity index (χ2n) is 5.62. The average Bonchev–Trinajstić information content (AvgIpc) is 2.38. The summed E-state index contributed by atoms with van der Waals surface area (Å²) in [5.41, 5.74) is -0.670. The second kappa shape index (κ2) is 6.78. The van der Waals surface area contributed by atoms with Crippen molar-refractivity contribution in [3.63, 3.8) is 0 Å². The van der Waals surface area contributed by atoms with E-state index in [4.69, 9.17) is 0 Å². The first-order valence-electron chi connectivity index (χ1n) is 7.22. The van der Waals surface area contributed by atoms with E-state index in [0.717, 1.165) is 25.9 Å². The molecule has 1 saturated heterocycles. The lowest BCUT2D eigenvalue weighted by atomic mass is 9.80. The van der Waals surface area contributed by atoms with Crippen molar-refractivity contribution in [2.45, 2.75) is 46.5 Å². The van der Waals surface area contributed by atoms with Gasteiger partial charge in [0, 0.05) is 26.2 Å². The molecule has 0 radical (unpaired) electrons. The molecule has 0 aliphatic carbocycles. The molecule has 0 atom stereocenters. The summed E-state index contributed by atoms with van der Waals surface area (Å²) in [7, 11) is 0. The van der Waals surface area contributed by atoms with Crippen LogP contribution in [0.2, 0.25) is 0 Å². The third-order valence-electron chi connectivity index (χ3n) is 3.91. The van der Waals surface area contributed by atoms with E-state index in [-0.39, 0.29) is 6.03 Å². The van der Waals surface area contributed by atoms with Crippen LogP contribution in [0.15, 0.2) is 0 Å². The molecule has 110 valence electrons. The van der Waals surface area contributed by atoms with E-state index in [1.165, 1.54) is 0 Å². The Labute approximate surface area is 115 Å². The number of carbonyl (C=O) groups excluding carboxylic acids is 1. The summed E-state index contributed by atoms with van der Waals surface area (Å²) in [6, 6.07) is 0.0659. The van der Waals surface area contributed by atoms with Gasteiger partial charge in [-0.25, -0.2) is 4.79 Å². The standard InChI is InChI=1S/C14H26N2O3/c1-4-8-15(9-5-2)13(19)16-10-6-14(3,7-11-16)12(17)18/h4-11H2,1-3H3,(H,17,18). The molecule has 0 unspecified atom stereocenters. The molecule has 0 bridgehead atoms. The van der Waals surface area contributed by atoms with Crippen LogP contribution in [0.1, 0.15) is 46.5 Å². The predicted molar refractivity (Wildman–Crippen MR) is 74.1 cm³/mol. The van der Waals surface area contributed by atoms with Gasteiger partial charge in [-0.1, -0.05) is 13.8 Å². The minimum Gasteiger partial charge on any atom is -0.481 e. The minimum absolute atomic E-state index is 0.0659. The highest BCUT2D eigenvalue weighted by molar-refractivity contribution is 5.77. The van der Waals surface area contributed by atoms with E-state index < -0.39 is 11.4 Å². The van der Waals surface area contributed by atoms with Crippen molar-refractivity contribution in [3.05, 3.63) is 0 Å². The Balaban J connectivity index is 2.58. The largest absolute Gasteiger partial charge is 0.481 e. The Hall–Kier alpha value is -1.26. The van der Waals surface area contributed by atoms with Crippen LogP contribution in [0.3, 0.4) is 0 Å². The first-order chi connectivity index (χ1) is 8.94. The van der Waals surface area contributed by atoms with Crippen LogP contribution in [0.5, 0.6) is 0 Å². The van der Waals surface area contributed by atoms with Gasteiger partial charge in [0.2, 0.25) is 0 Å². The Morgan fingerprint density at radius 3 is 2.00 bits per heavy atom. The molecular weight excluding hydrogens is 244 g/mol. The maximum absolute atomic E-state index is 12.4. The molecule has 5 heteroatoms. The van der Waals surface area contributed by atoms with Crippen LogP contribution in [-0.2, 0) is 4.79 Å². The van der Waals surface area contributed by atoms with Gasteiger partial charge in [-0.3, -0.25) is 4.79 Å². The second-order valence-corrected chi connectivity index (χ2v) is 5.62. The van der Waals surface area contributed by atoms with Gasteiger partial charge in [-0.15, -0.1) is 0 Å². The lowest BCUT2D eigenvalue weighted by molar-refractivity contribution is -0.150. The summed E-state index contributed by atoms with van der Waals surface area (Å²) in [6.07, 6.45) is 2.99. The summed E-state index contributed by atoms with van der Waals surface area (Å²) in [5, 5.41) is 9.19. The van der Waals surface area contributed by atoms with Crippen molar-refractivity contribution in [2.24, 2.45) is 5.41 Å². The molecular formula is C14H26N2O3. The van der Waals surface area contributed by atoms with Crippen molar-refractivity contribution in [2.75, 3.05) is 26.2 Å². The van der Waals surface area contributed by atoms with Crippen molar-refractivity contribution < 1.29 is 14.7 Å². The first kappa shape index (κ1) is 15.8. The summed E-state index contributed by atoms with van der Waals surface area (Å²) >= 11 is 0. The Morgan fingerprint density at radius 1 is 1.16 bits per heavy atom. The van der Waals surface area contributed by atoms with Gasteiger partial charge in [0.1, 0.15) is 0 Å². The molecule has 5 nitrogen and oxygen atoms in total. The van der Waals surface area contributed by atoms with Crippen LogP contribution in [0.4, 0.5) is 4.79 Å². The molecule has 0 aromatic heterocycles. The van der Waals surface area contributed by atoms with Gasteiger partial charge in [0.05, 0.1) is 5.41 Å². The van der Waals surface area contributed by atoms with E-state index >= 15 is 0 Å². The van der Waals surface area contributed by atoms with Gasteiger partial charge in [-0.2, -0.15) is 0 Å². The topological polar surface area (TPSA) is 60.9 Å². The molecule has 1 rings (SSSR count). The van der Waals surface area contributed by atoms with Gasteiger partial charge in [-0.05, 0) is 32.6 Å². The number of rotatable bonds is 5. The summed E-state index contributed by atoms with van der Waals surface area (Å²) in [5.74, 6) is -0.751. The molecule has 1 fully saturated rings. The fraction of sp³-hybridized carbons (Fsp3) is 0.857. The molecule has 0 spiro atoms. The van der Waals surface area contributed by atoms with E-state index in [1.807, 2.05) is 4.90 Å². The fourth-order valence-electron chi connectivity index (χ4n) is 2.45. The van der Waals surface area contributed by atoms with E-state index in [9.17, 15) is 14.7 Å². The Kier molecular flexibility index (Phi) is 5.63. The van der Waals surface area contributed by atoms with Gasteiger partial charge < -0.3 is 14.9 Å². The average molecular weight is 270 g/mol. The molecule has 1 heterocycles. The smallest absolute Gasteiger partial charge is 0.319 e. The van der Waals surface area contributed by atoms with E-state index in [0.29, 0.717) is 25.9 Å². The quantitative estimate of drug-likeness (QED) is 0.834. The van der Waals surface area contributed by atoms with Crippen LogP contribution in [0, 0.1) is 5.41 Å². The SMILES string of the molecule is CCCN(CCC)C(=O)N1CCC(C)(C(=O)O)CC1. The Bertz CT molecular complexity index is 317. The van der Waals surface area contributed by atoms with E-state index in [2.05, 4.69) is 13.8 Å².